The van der Waals surface area contributed by atoms with Crippen LogP contribution < -0.4 is 0 Å². The van der Waals surface area contributed by atoms with Crippen LogP contribution in [0.25, 0.3) is 0 Å². The second kappa shape index (κ2) is 4.04. The van der Waals surface area contributed by atoms with E-state index >= 15 is 0 Å². The number of carbonyl (C=O) groups is 2. The minimum Gasteiger partial charge on any atom is -0.481 e. The van der Waals surface area contributed by atoms with Gasteiger partial charge in [-0.2, -0.15) is 0 Å². The van der Waals surface area contributed by atoms with Gasteiger partial charge >= 0.3 is 5.97 Å². The number of hydrogen-bond acceptors (Lipinski definition) is 4. The molecule has 2 saturated heterocycles. The number of nitrogens with zero attached hydrogens (tertiary/aromatic N) is 3. The average Bonchev–Trinajstić information content (AvgIpc) is 2.96. The SMILES string of the molecule is O=C(O)C1CC2CCC1N2C(=O)c1cncnc1. The Morgan fingerprint density at radius 2 is 2.00 bits per heavy atom. The maximum Gasteiger partial charge on any atom is 0.308 e. The molecular formula is C12H13N3O3. The third-order valence-corrected chi connectivity index (χ3v) is 3.90. The highest BCUT2D eigenvalue weighted by molar-refractivity contribution is 5.95. The maximum atomic E-state index is 12.3. The molecule has 0 radical (unpaired) electrons. The Hall–Kier alpha value is -1.98. The number of carboxylic acids is 1. The smallest absolute Gasteiger partial charge is 0.308 e. The van der Waals surface area contributed by atoms with E-state index in [0.29, 0.717) is 12.0 Å². The molecule has 0 aliphatic carbocycles. The number of amides is 1. The molecule has 0 aromatic carbocycles. The highest BCUT2D eigenvalue weighted by Gasteiger charge is 2.51. The summed E-state index contributed by atoms with van der Waals surface area (Å²) in [6.07, 6.45) is 6.57. The van der Waals surface area contributed by atoms with Gasteiger partial charge in [-0.1, -0.05) is 0 Å². The fourth-order valence-electron chi connectivity index (χ4n) is 3.13. The van der Waals surface area contributed by atoms with E-state index < -0.39 is 11.9 Å². The zero-order chi connectivity index (χ0) is 12.7. The molecule has 2 fully saturated rings. The molecule has 1 N–H and O–H groups in total. The first-order chi connectivity index (χ1) is 8.68. The minimum atomic E-state index is -0.802. The van der Waals surface area contributed by atoms with Gasteiger partial charge < -0.3 is 10.0 Å². The topological polar surface area (TPSA) is 83.4 Å². The molecule has 3 atom stereocenters. The van der Waals surface area contributed by atoms with Crippen molar-refractivity contribution in [3.05, 3.63) is 24.3 Å². The summed E-state index contributed by atoms with van der Waals surface area (Å²) in [7, 11) is 0. The first kappa shape index (κ1) is 11.1. The van der Waals surface area contributed by atoms with Gasteiger partial charge in [0.1, 0.15) is 6.33 Å². The number of fused-ring (bicyclic) bond motifs is 2. The van der Waals surface area contributed by atoms with Gasteiger partial charge in [0.2, 0.25) is 0 Å². The second-order valence-corrected chi connectivity index (χ2v) is 4.82. The lowest BCUT2D eigenvalue weighted by atomic mass is 9.89. The van der Waals surface area contributed by atoms with E-state index in [0.717, 1.165) is 12.8 Å². The highest BCUT2D eigenvalue weighted by atomic mass is 16.4. The third kappa shape index (κ3) is 1.56. The fraction of sp³-hybridized carbons (Fsp3) is 0.500. The Kier molecular flexibility index (Phi) is 2.50. The lowest BCUT2D eigenvalue weighted by Crippen LogP contribution is -2.37. The van der Waals surface area contributed by atoms with Crippen LogP contribution in [-0.2, 0) is 4.79 Å². The van der Waals surface area contributed by atoms with E-state index in [-0.39, 0.29) is 18.0 Å². The molecule has 6 nitrogen and oxygen atoms in total. The Balaban J connectivity index is 1.86. The van der Waals surface area contributed by atoms with Gasteiger partial charge in [-0.25, -0.2) is 9.97 Å². The zero-order valence-corrected chi connectivity index (χ0v) is 9.69. The number of carboxylic acid groups (broad SMARTS) is 1. The summed E-state index contributed by atoms with van der Waals surface area (Å²) in [4.78, 5) is 32.8. The molecule has 0 saturated carbocycles. The van der Waals surface area contributed by atoms with Crippen LogP contribution in [0.3, 0.4) is 0 Å². The number of carbonyl (C=O) groups excluding carboxylic acids is 1. The Morgan fingerprint density at radius 1 is 1.28 bits per heavy atom. The van der Waals surface area contributed by atoms with E-state index in [2.05, 4.69) is 9.97 Å². The number of aromatic nitrogens is 2. The van der Waals surface area contributed by atoms with Gasteiger partial charge in [0.15, 0.2) is 0 Å². The number of aliphatic carboxylic acids is 1. The lowest BCUT2D eigenvalue weighted by molar-refractivity contribution is -0.142. The predicted octanol–water partition coefficient (Wildman–Crippen LogP) is 0.554. The molecule has 1 aromatic rings. The van der Waals surface area contributed by atoms with Crippen LogP contribution in [0.1, 0.15) is 29.6 Å². The van der Waals surface area contributed by atoms with Crippen molar-refractivity contribution in [1.29, 1.82) is 0 Å². The van der Waals surface area contributed by atoms with Crippen LogP contribution in [0.2, 0.25) is 0 Å². The van der Waals surface area contributed by atoms with Crippen molar-refractivity contribution >= 4 is 11.9 Å². The second-order valence-electron chi connectivity index (χ2n) is 4.82. The van der Waals surface area contributed by atoms with Gasteiger partial charge in [-0.3, -0.25) is 9.59 Å². The van der Waals surface area contributed by atoms with E-state index in [1.807, 2.05) is 0 Å². The van der Waals surface area contributed by atoms with Crippen LogP contribution in [0.4, 0.5) is 0 Å². The molecule has 6 heteroatoms. The van der Waals surface area contributed by atoms with E-state index in [9.17, 15) is 9.59 Å². The summed E-state index contributed by atoms with van der Waals surface area (Å²) < 4.78 is 0. The molecule has 3 heterocycles. The first-order valence-electron chi connectivity index (χ1n) is 5.99. The molecule has 1 amide bonds. The van der Waals surface area contributed by atoms with Crippen LogP contribution in [0.5, 0.6) is 0 Å². The number of hydrogen-bond donors (Lipinski definition) is 1. The molecule has 2 aliphatic heterocycles. The van der Waals surface area contributed by atoms with Crippen LogP contribution in [-0.4, -0.2) is 43.9 Å². The summed E-state index contributed by atoms with van der Waals surface area (Å²) in [5.41, 5.74) is 0.431. The first-order valence-corrected chi connectivity index (χ1v) is 5.99. The minimum absolute atomic E-state index is 0.0591. The Labute approximate surface area is 104 Å². The number of rotatable bonds is 2. The van der Waals surface area contributed by atoms with Gasteiger partial charge in [0, 0.05) is 24.5 Å². The predicted molar refractivity (Wildman–Crippen MR) is 60.8 cm³/mol. The molecule has 2 aliphatic rings. The molecule has 94 valence electrons. The van der Waals surface area contributed by atoms with Crippen molar-refractivity contribution in [3.63, 3.8) is 0 Å². The van der Waals surface area contributed by atoms with Crippen molar-refractivity contribution in [2.45, 2.75) is 31.3 Å². The molecule has 3 unspecified atom stereocenters. The van der Waals surface area contributed by atoms with Crippen molar-refractivity contribution < 1.29 is 14.7 Å². The quantitative estimate of drug-likeness (QED) is 0.825. The van der Waals surface area contributed by atoms with Crippen LogP contribution in [0.15, 0.2) is 18.7 Å². The van der Waals surface area contributed by atoms with Crippen molar-refractivity contribution in [3.8, 4) is 0 Å². The van der Waals surface area contributed by atoms with Crippen LogP contribution in [0, 0.1) is 5.92 Å². The Bertz CT molecular complexity index is 491. The largest absolute Gasteiger partial charge is 0.481 e. The van der Waals surface area contributed by atoms with E-state index in [4.69, 9.17) is 5.11 Å². The van der Waals surface area contributed by atoms with E-state index in [1.165, 1.54) is 18.7 Å². The molecular weight excluding hydrogens is 234 g/mol. The maximum absolute atomic E-state index is 12.3. The third-order valence-electron chi connectivity index (χ3n) is 3.90. The summed E-state index contributed by atoms with van der Waals surface area (Å²) >= 11 is 0. The summed E-state index contributed by atoms with van der Waals surface area (Å²) in [5.74, 6) is -1.37. The monoisotopic (exact) mass is 247 g/mol. The molecule has 18 heavy (non-hydrogen) atoms. The molecule has 2 bridgehead atoms. The molecule has 0 spiro atoms. The molecule has 1 aromatic heterocycles. The zero-order valence-electron chi connectivity index (χ0n) is 9.69. The summed E-state index contributed by atoms with van der Waals surface area (Å²) in [6, 6.07) is -0.107. The highest BCUT2D eigenvalue weighted by Crippen LogP contribution is 2.42. The van der Waals surface area contributed by atoms with Crippen LogP contribution >= 0.6 is 0 Å². The van der Waals surface area contributed by atoms with E-state index in [1.54, 1.807) is 4.90 Å². The standard InChI is InChI=1S/C12H13N3O3/c16-11(7-4-13-6-14-5-7)15-8-1-2-10(15)9(3-8)12(17)18/h4-6,8-10H,1-3H2,(H,17,18). The van der Waals surface area contributed by atoms with Gasteiger partial charge in [-0.15, -0.1) is 0 Å². The summed E-state index contributed by atoms with van der Waals surface area (Å²) in [5, 5.41) is 9.14. The lowest BCUT2D eigenvalue weighted by Gasteiger charge is -2.22. The normalized spacial score (nSPS) is 29.6. The van der Waals surface area contributed by atoms with Crippen molar-refractivity contribution in [1.82, 2.24) is 14.9 Å². The van der Waals surface area contributed by atoms with Gasteiger partial charge in [0.05, 0.1) is 11.5 Å². The summed E-state index contributed by atoms with van der Waals surface area (Å²) in [6.45, 7) is 0. The molecule has 3 rings (SSSR count). The Morgan fingerprint density at radius 3 is 2.61 bits per heavy atom. The van der Waals surface area contributed by atoms with Crippen molar-refractivity contribution in [2.75, 3.05) is 0 Å². The van der Waals surface area contributed by atoms with Gasteiger partial charge in [-0.05, 0) is 19.3 Å². The van der Waals surface area contributed by atoms with Gasteiger partial charge in [0.25, 0.3) is 5.91 Å². The van der Waals surface area contributed by atoms with Crippen molar-refractivity contribution in [2.24, 2.45) is 5.92 Å². The average molecular weight is 247 g/mol. The fourth-order valence-corrected chi connectivity index (χ4v) is 3.13.